The van der Waals surface area contributed by atoms with Crippen LogP contribution < -0.4 is 16.0 Å². The van der Waals surface area contributed by atoms with Crippen molar-refractivity contribution in [3.63, 3.8) is 0 Å². The minimum atomic E-state index is 0.248. The van der Waals surface area contributed by atoms with Crippen LogP contribution >= 0.6 is 0 Å². The molecule has 1 saturated heterocycles. The highest BCUT2D eigenvalue weighted by molar-refractivity contribution is 5.95. The number of nitrogens with two attached hydrogens (primary N) is 1. The van der Waals surface area contributed by atoms with E-state index in [4.69, 9.17) is 5.73 Å². The highest BCUT2D eigenvalue weighted by Crippen LogP contribution is 2.25. The topological polar surface area (TPSA) is 58.4 Å². The Kier molecular flexibility index (Phi) is 4.56. The van der Waals surface area contributed by atoms with Crippen LogP contribution in [-0.4, -0.2) is 25.0 Å². The van der Waals surface area contributed by atoms with Crippen LogP contribution in [0.15, 0.2) is 24.3 Å². The average Bonchev–Trinajstić information content (AvgIpc) is 3.14. The minimum Gasteiger partial charge on any atom is -0.330 e. The Labute approximate surface area is 126 Å². The number of carbonyl (C=O) groups excluding carboxylic acids is 1. The zero-order valence-corrected chi connectivity index (χ0v) is 12.6. The molecule has 2 aliphatic rings. The van der Waals surface area contributed by atoms with Gasteiger partial charge in [-0.25, -0.2) is 0 Å². The Hall–Kier alpha value is -1.39. The van der Waals surface area contributed by atoms with Crippen molar-refractivity contribution in [3.05, 3.63) is 29.8 Å². The van der Waals surface area contributed by atoms with Crippen molar-refractivity contribution in [2.24, 2.45) is 11.7 Å². The van der Waals surface area contributed by atoms with Crippen molar-refractivity contribution in [3.8, 4) is 0 Å². The Morgan fingerprint density at radius 1 is 1.19 bits per heavy atom. The van der Waals surface area contributed by atoms with Gasteiger partial charge in [0.2, 0.25) is 5.91 Å². The van der Waals surface area contributed by atoms with Crippen molar-refractivity contribution in [1.29, 1.82) is 0 Å². The Morgan fingerprint density at radius 2 is 2.00 bits per heavy atom. The van der Waals surface area contributed by atoms with Gasteiger partial charge in [-0.05, 0) is 49.4 Å². The van der Waals surface area contributed by atoms with E-state index < -0.39 is 0 Å². The number of nitrogens with zero attached hydrogens (tertiary/aromatic N) is 1. The predicted octanol–water partition coefficient (Wildman–Crippen LogP) is 2.03. The molecule has 1 aliphatic heterocycles. The number of nitrogens with one attached hydrogen (secondary N) is 1. The Balaban J connectivity index is 1.56. The summed E-state index contributed by atoms with van der Waals surface area (Å²) in [6.45, 7) is 2.53. The maximum absolute atomic E-state index is 11.7. The second-order valence-corrected chi connectivity index (χ2v) is 6.23. The summed E-state index contributed by atoms with van der Waals surface area (Å²) >= 11 is 0. The second kappa shape index (κ2) is 6.58. The first kappa shape index (κ1) is 14.5. The molecule has 0 radical (unpaired) electrons. The molecule has 2 atom stereocenters. The number of rotatable bonds is 5. The molecule has 1 heterocycles. The monoisotopic (exact) mass is 287 g/mol. The fraction of sp³-hybridized carbons (Fsp3) is 0.588. The van der Waals surface area contributed by atoms with E-state index in [0.29, 0.717) is 18.4 Å². The lowest BCUT2D eigenvalue weighted by atomic mass is 10.0. The van der Waals surface area contributed by atoms with Gasteiger partial charge in [0, 0.05) is 31.2 Å². The van der Waals surface area contributed by atoms with Gasteiger partial charge in [0.15, 0.2) is 0 Å². The van der Waals surface area contributed by atoms with Gasteiger partial charge in [0.1, 0.15) is 0 Å². The van der Waals surface area contributed by atoms with Crippen molar-refractivity contribution < 1.29 is 4.79 Å². The standard InChI is InChI=1S/C17H25N3O/c18-11-14-3-1-4-16(14)19-12-13-6-8-15(9-7-13)20-10-2-5-17(20)21/h6-9,14,16,19H,1-5,10-12,18H2. The maximum Gasteiger partial charge on any atom is 0.227 e. The molecule has 0 aromatic heterocycles. The molecule has 1 aromatic rings. The first-order chi connectivity index (χ1) is 10.3. The highest BCUT2D eigenvalue weighted by atomic mass is 16.2. The van der Waals surface area contributed by atoms with Gasteiger partial charge in [0.25, 0.3) is 0 Å². The quantitative estimate of drug-likeness (QED) is 0.871. The fourth-order valence-electron chi connectivity index (χ4n) is 3.55. The van der Waals surface area contributed by atoms with Gasteiger partial charge in [0.05, 0.1) is 0 Å². The number of hydrogen-bond acceptors (Lipinski definition) is 3. The van der Waals surface area contributed by atoms with E-state index in [1.807, 2.05) is 4.90 Å². The van der Waals surface area contributed by atoms with E-state index >= 15 is 0 Å². The molecule has 21 heavy (non-hydrogen) atoms. The molecule has 4 nitrogen and oxygen atoms in total. The van der Waals surface area contributed by atoms with Crippen LogP contribution in [0.2, 0.25) is 0 Å². The largest absolute Gasteiger partial charge is 0.330 e. The van der Waals surface area contributed by atoms with Crippen LogP contribution in [0.5, 0.6) is 0 Å². The lowest BCUT2D eigenvalue weighted by Gasteiger charge is -2.20. The number of amides is 1. The molecular formula is C17H25N3O. The van der Waals surface area contributed by atoms with E-state index in [0.717, 1.165) is 31.7 Å². The maximum atomic E-state index is 11.7. The van der Waals surface area contributed by atoms with Crippen LogP contribution in [0.3, 0.4) is 0 Å². The zero-order chi connectivity index (χ0) is 14.7. The molecule has 114 valence electrons. The number of anilines is 1. The molecule has 3 N–H and O–H groups in total. The molecule has 3 rings (SSSR count). The Morgan fingerprint density at radius 3 is 2.67 bits per heavy atom. The molecule has 1 amide bonds. The molecule has 0 spiro atoms. The van der Waals surface area contributed by atoms with Gasteiger partial charge >= 0.3 is 0 Å². The fourth-order valence-corrected chi connectivity index (χ4v) is 3.55. The summed E-state index contributed by atoms with van der Waals surface area (Å²) in [7, 11) is 0. The van der Waals surface area contributed by atoms with Crippen molar-refractivity contribution in [1.82, 2.24) is 5.32 Å². The van der Waals surface area contributed by atoms with Crippen LogP contribution in [0.4, 0.5) is 5.69 Å². The number of hydrogen-bond donors (Lipinski definition) is 2. The molecule has 1 aliphatic carbocycles. The second-order valence-electron chi connectivity index (χ2n) is 6.23. The zero-order valence-electron chi connectivity index (χ0n) is 12.6. The van der Waals surface area contributed by atoms with Crippen LogP contribution in [0, 0.1) is 5.92 Å². The van der Waals surface area contributed by atoms with Crippen molar-refractivity contribution >= 4 is 11.6 Å². The van der Waals surface area contributed by atoms with E-state index in [2.05, 4.69) is 29.6 Å². The van der Waals surface area contributed by atoms with Gasteiger partial charge in [-0.3, -0.25) is 4.79 Å². The molecule has 4 heteroatoms. The molecule has 0 bridgehead atoms. The summed E-state index contributed by atoms with van der Waals surface area (Å²) in [5, 5.41) is 3.64. The smallest absolute Gasteiger partial charge is 0.227 e. The molecule has 2 unspecified atom stereocenters. The summed E-state index contributed by atoms with van der Waals surface area (Å²) in [4.78, 5) is 13.6. The third-order valence-corrected chi connectivity index (χ3v) is 4.85. The van der Waals surface area contributed by atoms with E-state index in [9.17, 15) is 4.79 Å². The first-order valence-electron chi connectivity index (χ1n) is 8.10. The molecule has 2 fully saturated rings. The van der Waals surface area contributed by atoms with Gasteiger partial charge in [-0.1, -0.05) is 18.6 Å². The summed E-state index contributed by atoms with van der Waals surface area (Å²) in [6, 6.07) is 8.94. The number of benzene rings is 1. The van der Waals surface area contributed by atoms with E-state index in [1.54, 1.807) is 0 Å². The van der Waals surface area contributed by atoms with Crippen LogP contribution in [0.1, 0.15) is 37.7 Å². The third kappa shape index (κ3) is 3.27. The summed E-state index contributed by atoms with van der Waals surface area (Å²) in [6.07, 6.45) is 5.44. The van der Waals surface area contributed by atoms with Crippen molar-refractivity contribution in [2.75, 3.05) is 18.0 Å². The average molecular weight is 287 g/mol. The predicted molar refractivity (Wildman–Crippen MR) is 85.1 cm³/mol. The number of carbonyl (C=O) groups is 1. The van der Waals surface area contributed by atoms with Gasteiger partial charge in [-0.2, -0.15) is 0 Å². The Bertz CT molecular complexity index is 485. The molecule has 1 aromatic carbocycles. The van der Waals surface area contributed by atoms with Crippen molar-refractivity contribution in [2.45, 2.75) is 44.7 Å². The lowest BCUT2D eigenvalue weighted by molar-refractivity contribution is -0.117. The molecule has 1 saturated carbocycles. The van der Waals surface area contributed by atoms with E-state index in [1.165, 1.54) is 24.8 Å². The minimum absolute atomic E-state index is 0.248. The SMILES string of the molecule is NCC1CCCC1NCc1ccc(N2CCCC2=O)cc1. The third-order valence-electron chi connectivity index (χ3n) is 4.85. The van der Waals surface area contributed by atoms with Crippen LogP contribution in [0.25, 0.3) is 0 Å². The normalized spacial score (nSPS) is 25.8. The van der Waals surface area contributed by atoms with Gasteiger partial charge < -0.3 is 16.0 Å². The summed E-state index contributed by atoms with van der Waals surface area (Å²) in [5.41, 5.74) is 8.12. The summed E-state index contributed by atoms with van der Waals surface area (Å²) in [5.74, 6) is 0.879. The summed E-state index contributed by atoms with van der Waals surface area (Å²) < 4.78 is 0. The highest BCUT2D eigenvalue weighted by Gasteiger charge is 2.25. The van der Waals surface area contributed by atoms with Gasteiger partial charge in [-0.15, -0.1) is 0 Å². The van der Waals surface area contributed by atoms with E-state index in [-0.39, 0.29) is 5.91 Å². The first-order valence-corrected chi connectivity index (χ1v) is 8.10. The lowest BCUT2D eigenvalue weighted by Crippen LogP contribution is -2.35. The molecular weight excluding hydrogens is 262 g/mol. The van der Waals surface area contributed by atoms with Crippen LogP contribution in [-0.2, 0) is 11.3 Å².